The van der Waals surface area contributed by atoms with Crippen LogP contribution in [0.25, 0.3) is 0 Å². The Hall–Kier alpha value is -2.28. The fraction of sp³-hybridized carbons (Fsp3) is 0.333. The first-order valence-electron chi connectivity index (χ1n) is 9.51. The topological polar surface area (TPSA) is 61.9 Å². The van der Waals surface area contributed by atoms with E-state index in [9.17, 15) is 9.59 Å². The summed E-state index contributed by atoms with van der Waals surface area (Å²) in [6.45, 7) is 2.93. The van der Waals surface area contributed by atoms with Crippen LogP contribution in [-0.4, -0.2) is 44.7 Å². The lowest BCUT2D eigenvalue weighted by molar-refractivity contribution is -0.122. The van der Waals surface area contributed by atoms with Crippen molar-refractivity contribution in [2.24, 2.45) is 5.92 Å². The molecule has 2 aliphatic rings. The number of hydrogen-bond acceptors (Lipinski definition) is 4. The van der Waals surface area contributed by atoms with Crippen LogP contribution in [0, 0.1) is 5.92 Å². The molecule has 0 bridgehead atoms. The van der Waals surface area contributed by atoms with Crippen molar-refractivity contribution in [2.45, 2.75) is 6.42 Å². The van der Waals surface area contributed by atoms with Gasteiger partial charge in [-0.2, -0.15) is 0 Å². The summed E-state index contributed by atoms with van der Waals surface area (Å²) in [6.07, 6.45) is 0.143. The van der Waals surface area contributed by atoms with Gasteiger partial charge in [0, 0.05) is 26.1 Å². The van der Waals surface area contributed by atoms with E-state index < -0.39 is 5.92 Å². The summed E-state index contributed by atoms with van der Waals surface area (Å²) in [5.41, 5.74) is 2.07. The zero-order valence-corrected chi connectivity index (χ0v) is 17.2. The Bertz CT molecular complexity index is 931. The third kappa shape index (κ3) is 4.20. The first-order valence-corrected chi connectivity index (χ1v) is 10.3. The molecule has 2 aliphatic heterocycles. The van der Waals surface area contributed by atoms with Crippen LogP contribution in [0.5, 0.6) is 0 Å². The third-order valence-electron chi connectivity index (χ3n) is 5.21. The second-order valence-electron chi connectivity index (χ2n) is 7.08. The minimum atomic E-state index is -0.463. The molecule has 2 amide bonds. The quantitative estimate of drug-likeness (QED) is 0.795. The summed E-state index contributed by atoms with van der Waals surface area (Å²) in [5.74, 6) is -0.780. The number of halogens is 2. The molecule has 152 valence electrons. The number of nitrogens with zero attached hydrogens (tertiary/aromatic N) is 2. The normalized spacial score (nSPS) is 19.5. The zero-order chi connectivity index (χ0) is 20.4. The number of para-hydroxylation sites is 2. The van der Waals surface area contributed by atoms with Crippen molar-refractivity contribution in [1.82, 2.24) is 0 Å². The maximum absolute atomic E-state index is 13.0. The van der Waals surface area contributed by atoms with Gasteiger partial charge in [-0.15, -0.1) is 0 Å². The van der Waals surface area contributed by atoms with Crippen LogP contribution in [0.1, 0.15) is 6.42 Å². The molecule has 0 spiro atoms. The van der Waals surface area contributed by atoms with Crippen molar-refractivity contribution in [3.63, 3.8) is 0 Å². The van der Waals surface area contributed by atoms with Gasteiger partial charge in [0.2, 0.25) is 11.8 Å². The largest absolute Gasteiger partial charge is 0.378 e. The fourth-order valence-electron chi connectivity index (χ4n) is 3.75. The van der Waals surface area contributed by atoms with Crippen LogP contribution < -0.4 is 15.1 Å². The molecule has 0 saturated carbocycles. The highest BCUT2D eigenvalue weighted by Gasteiger charge is 2.36. The summed E-state index contributed by atoms with van der Waals surface area (Å²) in [5, 5.41) is 4.05. The molecule has 4 rings (SSSR count). The van der Waals surface area contributed by atoms with Gasteiger partial charge in [-0.05, 0) is 24.3 Å². The number of ether oxygens (including phenoxy) is 1. The maximum Gasteiger partial charge on any atom is 0.229 e. The molecule has 2 heterocycles. The van der Waals surface area contributed by atoms with Crippen molar-refractivity contribution in [3.05, 3.63) is 52.5 Å². The number of hydrogen-bond donors (Lipinski definition) is 1. The zero-order valence-electron chi connectivity index (χ0n) is 15.7. The van der Waals surface area contributed by atoms with Crippen LogP contribution in [-0.2, 0) is 14.3 Å². The van der Waals surface area contributed by atoms with Crippen LogP contribution >= 0.6 is 23.2 Å². The molecule has 0 radical (unpaired) electrons. The second-order valence-corrected chi connectivity index (χ2v) is 7.90. The number of nitrogens with one attached hydrogen (secondary N) is 1. The first-order chi connectivity index (χ1) is 14.0. The SMILES string of the molecule is O=C(Nc1cccc(Cl)c1N1CCOCC1)C1CC(=O)N(c2ccccc2Cl)C1. The van der Waals surface area contributed by atoms with Crippen molar-refractivity contribution in [2.75, 3.05) is 48.0 Å². The minimum Gasteiger partial charge on any atom is -0.378 e. The van der Waals surface area contributed by atoms with Gasteiger partial charge in [-0.3, -0.25) is 9.59 Å². The van der Waals surface area contributed by atoms with Crippen LogP contribution in [0.15, 0.2) is 42.5 Å². The van der Waals surface area contributed by atoms with Crippen molar-refractivity contribution < 1.29 is 14.3 Å². The van der Waals surface area contributed by atoms with Gasteiger partial charge in [0.25, 0.3) is 0 Å². The smallest absolute Gasteiger partial charge is 0.229 e. The highest BCUT2D eigenvalue weighted by atomic mass is 35.5. The highest BCUT2D eigenvalue weighted by molar-refractivity contribution is 6.34. The van der Waals surface area contributed by atoms with Gasteiger partial charge >= 0.3 is 0 Å². The van der Waals surface area contributed by atoms with Gasteiger partial charge in [0.15, 0.2) is 0 Å². The van der Waals surface area contributed by atoms with Gasteiger partial charge in [0.1, 0.15) is 0 Å². The first kappa shape index (κ1) is 20.0. The number of carbonyl (C=O) groups excluding carboxylic acids is 2. The van der Waals surface area contributed by atoms with E-state index in [0.717, 1.165) is 5.69 Å². The fourth-order valence-corrected chi connectivity index (χ4v) is 4.28. The Morgan fingerprint density at radius 1 is 1.03 bits per heavy atom. The lowest BCUT2D eigenvalue weighted by Crippen LogP contribution is -2.37. The standard InChI is InChI=1S/C21H21Cl2N3O3/c22-15-4-1-2-7-18(15)26-13-14(12-19(26)27)21(28)24-17-6-3-5-16(23)20(17)25-8-10-29-11-9-25/h1-7,14H,8-13H2,(H,24,28). The van der Waals surface area contributed by atoms with Crippen LogP contribution in [0.2, 0.25) is 10.0 Å². The average Bonchev–Trinajstić information content (AvgIpc) is 3.11. The predicted molar refractivity (Wildman–Crippen MR) is 115 cm³/mol. The third-order valence-corrected chi connectivity index (χ3v) is 5.84. The Morgan fingerprint density at radius 3 is 2.52 bits per heavy atom. The molecule has 2 saturated heterocycles. The molecule has 2 aromatic carbocycles. The number of amides is 2. The maximum atomic E-state index is 13.0. The Morgan fingerprint density at radius 2 is 1.76 bits per heavy atom. The van der Waals surface area contributed by atoms with Gasteiger partial charge in [0.05, 0.1) is 46.2 Å². The number of morpholine rings is 1. The van der Waals surface area contributed by atoms with E-state index in [1.165, 1.54) is 0 Å². The highest BCUT2D eigenvalue weighted by Crippen LogP contribution is 2.36. The number of anilines is 3. The van der Waals surface area contributed by atoms with Gasteiger partial charge in [-0.1, -0.05) is 41.4 Å². The van der Waals surface area contributed by atoms with Crippen LogP contribution in [0.4, 0.5) is 17.1 Å². The summed E-state index contributed by atoms with van der Waals surface area (Å²) in [6, 6.07) is 12.6. The molecular weight excluding hydrogens is 413 g/mol. The van der Waals surface area contributed by atoms with E-state index in [1.807, 2.05) is 18.2 Å². The van der Waals surface area contributed by atoms with E-state index in [1.54, 1.807) is 29.2 Å². The second kappa shape index (κ2) is 8.61. The minimum absolute atomic E-state index is 0.113. The van der Waals surface area contributed by atoms with Crippen molar-refractivity contribution >= 4 is 52.1 Å². The summed E-state index contributed by atoms with van der Waals surface area (Å²) in [7, 11) is 0. The molecule has 8 heteroatoms. The molecule has 29 heavy (non-hydrogen) atoms. The van der Waals surface area contributed by atoms with Crippen LogP contribution in [0.3, 0.4) is 0 Å². The van der Waals surface area contributed by atoms with E-state index >= 15 is 0 Å². The van der Waals surface area contributed by atoms with Crippen molar-refractivity contribution in [1.29, 1.82) is 0 Å². The van der Waals surface area contributed by atoms with E-state index in [0.29, 0.717) is 54.3 Å². The Balaban J connectivity index is 1.51. The lowest BCUT2D eigenvalue weighted by atomic mass is 10.1. The molecule has 0 aliphatic carbocycles. The predicted octanol–water partition coefficient (Wildman–Crippen LogP) is 3.82. The molecule has 1 unspecified atom stereocenters. The summed E-state index contributed by atoms with van der Waals surface area (Å²) < 4.78 is 5.41. The summed E-state index contributed by atoms with van der Waals surface area (Å²) >= 11 is 12.7. The number of rotatable bonds is 4. The molecule has 1 N–H and O–H groups in total. The molecule has 2 aromatic rings. The average molecular weight is 434 g/mol. The van der Waals surface area contributed by atoms with Gasteiger partial charge < -0.3 is 19.9 Å². The van der Waals surface area contributed by atoms with Gasteiger partial charge in [-0.25, -0.2) is 0 Å². The number of benzene rings is 2. The molecule has 2 fully saturated rings. The van der Waals surface area contributed by atoms with E-state index in [2.05, 4.69) is 10.2 Å². The van der Waals surface area contributed by atoms with Crippen molar-refractivity contribution in [3.8, 4) is 0 Å². The molecule has 1 atom stereocenters. The summed E-state index contributed by atoms with van der Waals surface area (Å²) in [4.78, 5) is 29.2. The monoisotopic (exact) mass is 433 g/mol. The molecular formula is C21H21Cl2N3O3. The molecule has 6 nitrogen and oxygen atoms in total. The Kier molecular flexibility index (Phi) is 5.94. The van der Waals surface area contributed by atoms with E-state index in [4.69, 9.17) is 27.9 Å². The number of carbonyl (C=O) groups is 2. The Labute approximate surface area is 179 Å². The molecule has 0 aromatic heterocycles. The lowest BCUT2D eigenvalue weighted by Gasteiger charge is -2.31. The van der Waals surface area contributed by atoms with E-state index in [-0.39, 0.29) is 18.2 Å².